The van der Waals surface area contributed by atoms with Crippen molar-refractivity contribution >= 4 is 0 Å². The quantitative estimate of drug-likeness (QED) is 0.278. The van der Waals surface area contributed by atoms with Gasteiger partial charge < -0.3 is 24.8 Å². The molecule has 0 aromatic carbocycles. The molecule has 5 heteroatoms. The van der Waals surface area contributed by atoms with Crippen LogP contribution in [0.15, 0.2) is 12.2 Å². The van der Waals surface area contributed by atoms with Crippen molar-refractivity contribution in [3.8, 4) is 0 Å². The molecule has 1 aliphatic heterocycles. The zero-order chi connectivity index (χ0) is 19.7. The molecule has 0 radical (unpaired) electrons. The fourth-order valence-corrected chi connectivity index (χ4v) is 3.43. The predicted octanol–water partition coefficient (Wildman–Crippen LogP) is 3.74. The van der Waals surface area contributed by atoms with Crippen LogP contribution in [0.25, 0.3) is 0 Å². The lowest BCUT2D eigenvalue weighted by molar-refractivity contribution is -0.211. The van der Waals surface area contributed by atoms with E-state index in [0.29, 0.717) is 6.61 Å². The molecule has 27 heavy (non-hydrogen) atoms. The second-order valence-electron chi connectivity index (χ2n) is 7.68. The Bertz CT molecular complexity index is 359. The third kappa shape index (κ3) is 11.2. The molecule has 0 unspecified atom stereocenters. The van der Waals surface area contributed by atoms with Crippen molar-refractivity contribution in [3.05, 3.63) is 12.2 Å². The van der Waals surface area contributed by atoms with Crippen LogP contribution >= 0.6 is 0 Å². The lowest BCUT2D eigenvalue weighted by Crippen LogP contribution is -2.55. The Kier molecular flexibility index (Phi) is 15.0. The molecule has 1 aliphatic rings. The fraction of sp³-hybridized carbons (Fsp3) is 0.909. The molecule has 0 spiro atoms. The van der Waals surface area contributed by atoms with Crippen molar-refractivity contribution < 1.29 is 24.8 Å². The Morgan fingerprint density at radius 1 is 0.889 bits per heavy atom. The first-order valence-corrected chi connectivity index (χ1v) is 11.1. The van der Waals surface area contributed by atoms with Crippen LogP contribution in [0.3, 0.4) is 0 Å². The van der Waals surface area contributed by atoms with Gasteiger partial charge in [-0.1, -0.05) is 64.0 Å². The van der Waals surface area contributed by atoms with Gasteiger partial charge in [-0.15, -0.1) is 0 Å². The molecule has 0 aromatic heterocycles. The van der Waals surface area contributed by atoms with E-state index in [4.69, 9.17) is 9.47 Å². The fourth-order valence-electron chi connectivity index (χ4n) is 3.43. The van der Waals surface area contributed by atoms with Crippen LogP contribution in [-0.2, 0) is 9.47 Å². The normalized spacial score (nSPS) is 26.1. The summed E-state index contributed by atoms with van der Waals surface area (Å²) in [7, 11) is 0. The first kappa shape index (κ1) is 24.6. The molecule has 0 amide bonds. The van der Waals surface area contributed by atoms with Gasteiger partial charge in [-0.25, -0.2) is 0 Å². The predicted molar refractivity (Wildman–Crippen MR) is 109 cm³/mol. The summed E-state index contributed by atoms with van der Waals surface area (Å²) in [6.45, 7) is 2.58. The van der Waals surface area contributed by atoms with Gasteiger partial charge in [-0.05, 0) is 32.1 Å². The van der Waals surface area contributed by atoms with E-state index in [2.05, 4.69) is 19.1 Å². The highest BCUT2D eigenvalue weighted by molar-refractivity contribution is 4.87. The van der Waals surface area contributed by atoms with Gasteiger partial charge in [-0.2, -0.15) is 0 Å². The van der Waals surface area contributed by atoms with Gasteiger partial charge >= 0.3 is 0 Å². The van der Waals surface area contributed by atoms with E-state index in [-0.39, 0.29) is 13.2 Å². The number of aliphatic hydroxyl groups is 3. The van der Waals surface area contributed by atoms with Crippen molar-refractivity contribution in [2.24, 2.45) is 0 Å². The van der Waals surface area contributed by atoms with Crippen molar-refractivity contribution in [3.63, 3.8) is 0 Å². The minimum Gasteiger partial charge on any atom is -0.394 e. The summed E-state index contributed by atoms with van der Waals surface area (Å²) in [4.78, 5) is 0. The second-order valence-corrected chi connectivity index (χ2v) is 7.68. The van der Waals surface area contributed by atoms with Crippen molar-refractivity contribution in [2.75, 3.05) is 19.8 Å². The molecular formula is C22H42O5. The minimum absolute atomic E-state index is 0.0376. The van der Waals surface area contributed by atoms with Crippen LogP contribution < -0.4 is 0 Å². The van der Waals surface area contributed by atoms with Crippen LogP contribution in [0.1, 0.15) is 84.0 Å². The first-order valence-electron chi connectivity index (χ1n) is 11.1. The maximum atomic E-state index is 9.98. The number of unbranched alkanes of at least 4 members (excludes halogenated alkanes) is 10. The monoisotopic (exact) mass is 386 g/mol. The summed E-state index contributed by atoms with van der Waals surface area (Å²) >= 11 is 0. The summed E-state index contributed by atoms with van der Waals surface area (Å²) in [5.41, 5.74) is 0. The first-order chi connectivity index (χ1) is 13.2. The van der Waals surface area contributed by atoms with Crippen LogP contribution in [-0.4, -0.2) is 59.6 Å². The average molecular weight is 387 g/mol. The topological polar surface area (TPSA) is 79.2 Å². The van der Waals surface area contributed by atoms with Crippen molar-refractivity contribution in [2.45, 2.75) is 108 Å². The number of hydrogen-bond acceptors (Lipinski definition) is 5. The molecule has 1 heterocycles. The lowest BCUT2D eigenvalue weighted by Gasteiger charge is -2.37. The third-order valence-corrected chi connectivity index (χ3v) is 5.22. The number of ether oxygens (including phenoxy) is 2. The summed E-state index contributed by atoms with van der Waals surface area (Å²) < 4.78 is 11.0. The number of allylic oxidation sites excluding steroid dienone is 2. The molecule has 5 nitrogen and oxygen atoms in total. The third-order valence-electron chi connectivity index (χ3n) is 5.22. The standard InChI is InChI=1S/C22H42O5/c1-2-3-4-5-6-7-8-9-10-11-12-13-14-15-16-26-22-20(17-23)27-18-19(24)21(22)25/h11-12,19-25H,2-10,13-18H2,1H3/b12-11+/t19-,20+,21+,22+/m0/s1. The van der Waals surface area contributed by atoms with E-state index in [1.54, 1.807) is 0 Å². The summed E-state index contributed by atoms with van der Waals surface area (Å²) in [6.07, 6.45) is 16.4. The Hall–Kier alpha value is -0.460. The molecule has 1 saturated heterocycles. The average Bonchev–Trinajstić information content (AvgIpc) is 2.68. The second kappa shape index (κ2) is 16.5. The molecule has 1 rings (SSSR count). The smallest absolute Gasteiger partial charge is 0.114 e. The van der Waals surface area contributed by atoms with E-state index < -0.39 is 24.4 Å². The highest BCUT2D eigenvalue weighted by atomic mass is 16.6. The Morgan fingerprint density at radius 2 is 1.48 bits per heavy atom. The molecule has 4 atom stereocenters. The zero-order valence-electron chi connectivity index (χ0n) is 17.2. The SMILES string of the molecule is CCCCCCCCCC/C=C/CCCCO[C@H]1[C@H](O)[C@@H](O)CO[C@@H]1CO. The van der Waals surface area contributed by atoms with E-state index in [1.807, 2.05) is 0 Å². The minimum atomic E-state index is -0.998. The van der Waals surface area contributed by atoms with Gasteiger partial charge in [0.15, 0.2) is 0 Å². The molecule has 1 fully saturated rings. The van der Waals surface area contributed by atoms with Crippen LogP contribution in [0, 0.1) is 0 Å². The zero-order valence-corrected chi connectivity index (χ0v) is 17.2. The summed E-state index contributed by atoms with van der Waals surface area (Å²) in [5.74, 6) is 0. The van der Waals surface area contributed by atoms with E-state index in [1.165, 1.54) is 57.8 Å². The van der Waals surface area contributed by atoms with E-state index in [9.17, 15) is 15.3 Å². The molecule has 3 N–H and O–H groups in total. The highest BCUT2D eigenvalue weighted by Crippen LogP contribution is 2.19. The highest BCUT2D eigenvalue weighted by Gasteiger charge is 2.39. The Balaban J connectivity index is 1.94. The van der Waals surface area contributed by atoms with Gasteiger partial charge in [0, 0.05) is 6.61 Å². The molecule has 0 saturated carbocycles. The van der Waals surface area contributed by atoms with Crippen LogP contribution in [0.5, 0.6) is 0 Å². The number of hydrogen-bond donors (Lipinski definition) is 3. The maximum Gasteiger partial charge on any atom is 0.114 e. The molecular weight excluding hydrogens is 344 g/mol. The number of rotatable bonds is 16. The van der Waals surface area contributed by atoms with Gasteiger partial charge in [0.25, 0.3) is 0 Å². The summed E-state index contributed by atoms with van der Waals surface area (Å²) in [6, 6.07) is 0. The van der Waals surface area contributed by atoms with E-state index >= 15 is 0 Å². The Morgan fingerprint density at radius 3 is 2.11 bits per heavy atom. The summed E-state index contributed by atoms with van der Waals surface area (Å²) in [5, 5.41) is 28.9. The van der Waals surface area contributed by atoms with Crippen molar-refractivity contribution in [1.82, 2.24) is 0 Å². The van der Waals surface area contributed by atoms with E-state index in [0.717, 1.165) is 19.3 Å². The van der Waals surface area contributed by atoms with Gasteiger partial charge in [0.1, 0.15) is 24.4 Å². The Labute approximate surface area is 165 Å². The molecule has 0 bridgehead atoms. The lowest BCUT2D eigenvalue weighted by atomic mass is 10.0. The van der Waals surface area contributed by atoms with Gasteiger partial charge in [0.2, 0.25) is 0 Å². The molecule has 0 aromatic rings. The van der Waals surface area contributed by atoms with Crippen LogP contribution in [0.4, 0.5) is 0 Å². The molecule has 0 aliphatic carbocycles. The van der Waals surface area contributed by atoms with Gasteiger partial charge in [0.05, 0.1) is 13.2 Å². The maximum absolute atomic E-state index is 9.98. The van der Waals surface area contributed by atoms with Gasteiger partial charge in [-0.3, -0.25) is 0 Å². The van der Waals surface area contributed by atoms with Crippen molar-refractivity contribution in [1.29, 1.82) is 0 Å². The number of aliphatic hydroxyl groups excluding tert-OH is 3. The largest absolute Gasteiger partial charge is 0.394 e. The van der Waals surface area contributed by atoms with Crippen LogP contribution in [0.2, 0.25) is 0 Å². The molecule has 160 valence electrons.